The second-order valence-electron chi connectivity index (χ2n) is 5.50. The van der Waals surface area contributed by atoms with Gasteiger partial charge in [0.15, 0.2) is 0 Å². The summed E-state index contributed by atoms with van der Waals surface area (Å²) in [5.74, 6) is 0. The lowest BCUT2D eigenvalue weighted by Gasteiger charge is -2.25. The third-order valence-electron chi connectivity index (χ3n) is 3.61. The van der Waals surface area contributed by atoms with E-state index in [1.165, 1.54) is 29.5 Å². The van der Waals surface area contributed by atoms with Gasteiger partial charge in [-0.2, -0.15) is 0 Å². The first-order valence-corrected chi connectivity index (χ1v) is 6.72. The highest BCUT2D eigenvalue weighted by Gasteiger charge is 2.17. The van der Waals surface area contributed by atoms with Gasteiger partial charge in [-0.1, -0.05) is 32.0 Å². The van der Waals surface area contributed by atoms with Gasteiger partial charge in [-0.3, -0.25) is 0 Å². The summed E-state index contributed by atoms with van der Waals surface area (Å²) < 4.78 is 0. The summed E-state index contributed by atoms with van der Waals surface area (Å²) >= 11 is 0. The summed E-state index contributed by atoms with van der Waals surface area (Å²) in [6, 6.07) is 7.98. The summed E-state index contributed by atoms with van der Waals surface area (Å²) in [5, 5.41) is 3.55. The standard InChI is InChI=1S/C15H24N2/c1-10(2)17-11(3)12-7-8-14-13(9-12)5-4-6-15(14)16/h7-11,15,17H,4-6,16H2,1-3H3. The average Bonchev–Trinajstić information content (AvgIpc) is 2.28. The van der Waals surface area contributed by atoms with Crippen LogP contribution in [0, 0.1) is 0 Å². The van der Waals surface area contributed by atoms with Crippen LogP contribution in [0.4, 0.5) is 0 Å². The number of rotatable bonds is 3. The molecule has 17 heavy (non-hydrogen) atoms. The van der Waals surface area contributed by atoms with Gasteiger partial charge in [0.05, 0.1) is 0 Å². The van der Waals surface area contributed by atoms with Gasteiger partial charge in [-0.25, -0.2) is 0 Å². The van der Waals surface area contributed by atoms with Gasteiger partial charge in [0.2, 0.25) is 0 Å². The molecule has 0 aromatic heterocycles. The van der Waals surface area contributed by atoms with E-state index in [4.69, 9.17) is 5.73 Å². The zero-order valence-electron chi connectivity index (χ0n) is 11.2. The van der Waals surface area contributed by atoms with E-state index in [9.17, 15) is 0 Å². The molecule has 0 aliphatic heterocycles. The molecule has 94 valence electrons. The van der Waals surface area contributed by atoms with E-state index >= 15 is 0 Å². The minimum Gasteiger partial charge on any atom is -0.324 e. The smallest absolute Gasteiger partial charge is 0.0297 e. The molecule has 3 N–H and O–H groups in total. The molecule has 1 aliphatic carbocycles. The minimum atomic E-state index is 0.251. The molecule has 1 aromatic rings. The van der Waals surface area contributed by atoms with E-state index in [-0.39, 0.29) is 6.04 Å². The van der Waals surface area contributed by atoms with Gasteiger partial charge in [-0.05, 0) is 42.9 Å². The van der Waals surface area contributed by atoms with Gasteiger partial charge < -0.3 is 11.1 Å². The number of hydrogen-bond donors (Lipinski definition) is 2. The zero-order valence-corrected chi connectivity index (χ0v) is 11.2. The summed E-state index contributed by atoms with van der Waals surface area (Å²) in [6.07, 6.45) is 3.54. The maximum atomic E-state index is 6.14. The molecule has 0 spiro atoms. The first-order valence-electron chi connectivity index (χ1n) is 6.72. The number of nitrogens with one attached hydrogen (secondary N) is 1. The number of fused-ring (bicyclic) bond motifs is 1. The molecule has 1 aliphatic rings. The van der Waals surface area contributed by atoms with Crippen molar-refractivity contribution in [2.24, 2.45) is 5.73 Å². The predicted molar refractivity (Wildman–Crippen MR) is 73.0 cm³/mol. The molecule has 0 saturated heterocycles. The van der Waals surface area contributed by atoms with Gasteiger partial charge >= 0.3 is 0 Å². The molecule has 0 bridgehead atoms. The van der Waals surface area contributed by atoms with Crippen LogP contribution >= 0.6 is 0 Å². The Morgan fingerprint density at radius 1 is 1.29 bits per heavy atom. The van der Waals surface area contributed by atoms with Crippen LogP contribution in [0.5, 0.6) is 0 Å². The van der Waals surface area contributed by atoms with Gasteiger partial charge in [0, 0.05) is 18.1 Å². The molecule has 0 heterocycles. The van der Waals surface area contributed by atoms with Crippen LogP contribution in [0.15, 0.2) is 18.2 Å². The SMILES string of the molecule is CC(C)NC(C)c1ccc2c(c1)CCCC2N. The summed E-state index contributed by atoms with van der Waals surface area (Å²) in [6.45, 7) is 6.60. The zero-order chi connectivity index (χ0) is 12.4. The second-order valence-corrected chi connectivity index (χ2v) is 5.50. The maximum Gasteiger partial charge on any atom is 0.0297 e. The largest absolute Gasteiger partial charge is 0.324 e. The van der Waals surface area contributed by atoms with Crippen molar-refractivity contribution in [1.82, 2.24) is 5.32 Å². The third kappa shape index (κ3) is 2.88. The topological polar surface area (TPSA) is 38.0 Å². The Morgan fingerprint density at radius 3 is 2.76 bits per heavy atom. The fourth-order valence-electron chi connectivity index (χ4n) is 2.74. The Hall–Kier alpha value is -0.860. The number of benzene rings is 1. The van der Waals surface area contributed by atoms with E-state index in [0.717, 1.165) is 6.42 Å². The molecule has 1 aromatic carbocycles. The highest BCUT2D eigenvalue weighted by molar-refractivity contribution is 5.37. The lowest BCUT2D eigenvalue weighted by Crippen LogP contribution is -2.26. The van der Waals surface area contributed by atoms with Crippen molar-refractivity contribution in [3.8, 4) is 0 Å². The van der Waals surface area contributed by atoms with Gasteiger partial charge in [-0.15, -0.1) is 0 Å². The average molecular weight is 232 g/mol. The van der Waals surface area contributed by atoms with E-state index in [1.807, 2.05) is 0 Å². The van der Waals surface area contributed by atoms with E-state index in [0.29, 0.717) is 12.1 Å². The molecular formula is C15H24N2. The fraction of sp³-hybridized carbons (Fsp3) is 0.600. The van der Waals surface area contributed by atoms with E-state index in [2.05, 4.69) is 44.3 Å². The number of nitrogens with two attached hydrogens (primary N) is 1. The quantitative estimate of drug-likeness (QED) is 0.840. The van der Waals surface area contributed by atoms with Crippen molar-refractivity contribution in [3.63, 3.8) is 0 Å². The molecule has 2 unspecified atom stereocenters. The van der Waals surface area contributed by atoms with Crippen LogP contribution in [-0.4, -0.2) is 6.04 Å². The molecular weight excluding hydrogens is 208 g/mol. The van der Waals surface area contributed by atoms with Crippen molar-refractivity contribution in [1.29, 1.82) is 0 Å². The summed E-state index contributed by atoms with van der Waals surface area (Å²) in [4.78, 5) is 0. The van der Waals surface area contributed by atoms with Crippen molar-refractivity contribution in [2.45, 2.75) is 58.2 Å². The molecule has 0 radical (unpaired) electrons. The molecule has 0 amide bonds. The van der Waals surface area contributed by atoms with Crippen molar-refractivity contribution in [3.05, 3.63) is 34.9 Å². The van der Waals surface area contributed by atoms with Crippen LogP contribution in [0.25, 0.3) is 0 Å². The van der Waals surface area contributed by atoms with Crippen LogP contribution in [-0.2, 0) is 6.42 Å². The molecule has 2 nitrogen and oxygen atoms in total. The van der Waals surface area contributed by atoms with Crippen LogP contribution in [0.2, 0.25) is 0 Å². The van der Waals surface area contributed by atoms with Crippen LogP contribution < -0.4 is 11.1 Å². The van der Waals surface area contributed by atoms with Crippen LogP contribution in [0.3, 0.4) is 0 Å². The first-order chi connectivity index (χ1) is 8.08. The summed E-state index contributed by atoms with van der Waals surface area (Å²) in [7, 11) is 0. The molecule has 2 heteroatoms. The number of hydrogen-bond acceptors (Lipinski definition) is 2. The van der Waals surface area contributed by atoms with Crippen molar-refractivity contribution < 1.29 is 0 Å². The minimum absolute atomic E-state index is 0.251. The van der Waals surface area contributed by atoms with Crippen molar-refractivity contribution in [2.75, 3.05) is 0 Å². The summed E-state index contributed by atoms with van der Waals surface area (Å²) in [5.41, 5.74) is 10.3. The van der Waals surface area contributed by atoms with E-state index in [1.54, 1.807) is 0 Å². The number of aryl methyl sites for hydroxylation is 1. The normalized spacial score (nSPS) is 21.4. The monoisotopic (exact) mass is 232 g/mol. The lowest BCUT2D eigenvalue weighted by atomic mass is 9.86. The molecule has 2 atom stereocenters. The molecule has 2 rings (SSSR count). The Morgan fingerprint density at radius 2 is 2.06 bits per heavy atom. The van der Waals surface area contributed by atoms with Crippen LogP contribution in [0.1, 0.15) is 62.4 Å². The Labute approximate surface area is 105 Å². The Kier molecular flexibility index (Phi) is 3.85. The maximum absolute atomic E-state index is 6.14. The lowest BCUT2D eigenvalue weighted by molar-refractivity contribution is 0.504. The Bertz CT molecular complexity index is 385. The van der Waals surface area contributed by atoms with E-state index < -0.39 is 0 Å². The van der Waals surface area contributed by atoms with Crippen molar-refractivity contribution >= 4 is 0 Å². The Balaban J connectivity index is 2.21. The second kappa shape index (κ2) is 5.19. The predicted octanol–water partition coefficient (Wildman–Crippen LogP) is 3.08. The third-order valence-corrected chi connectivity index (χ3v) is 3.61. The first kappa shape index (κ1) is 12.6. The fourth-order valence-corrected chi connectivity index (χ4v) is 2.74. The van der Waals surface area contributed by atoms with Gasteiger partial charge in [0.1, 0.15) is 0 Å². The molecule has 0 saturated carbocycles. The van der Waals surface area contributed by atoms with Gasteiger partial charge in [0.25, 0.3) is 0 Å². The highest BCUT2D eigenvalue weighted by Crippen LogP contribution is 2.29. The highest BCUT2D eigenvalue weighted by atomic mass is 14.9. The molecule has 0 fully saturated rings.